The zero-order valence-electron chi connectivity index (χ0n) is 33.2. The van der Waals surface area contributed by atoms with E-state index in [1.54, 1.807) is 26.0 Å². The maximum absolute atomic E-state index is 14.3. The van der Waals surface area contributed by atoms with Crippen molar-refractivity contribution in [1.29, 1.82) is 5.26 Å². The highest BCUT2D eigenvalue weighted by molar-refractivity contribution is 8.24. The van der Waals surface area contributed by atoms with E-state index in [2.05, 4.69) is 13.8 Å². The number of aliphatic hydroxyl groups is 1. The number of hydrogen-bond donors (Lipinski definition) is 1. The summed E-state index contributed by atoms with van der Waals surface area (Å²) in [5.74, 6) is 3.98. The minimum Gasteiger partial charge on any atom is -0.461 e. The summed E-state index contributed by atoms with van der Waals surface area (Å²) in [6.07, 6.45) is 21.2. The fourth-order valence-corrected chi connectivity index (χ4v) is 12.8. The number of fused-ring (bicyclic) bond motifs is 1. The summed E-state index contributed by atoms with van der Waals surface area (Å²) in [6.45, 7) is 7.86. The summed E-state index contributed by atoms with van der Waals surface area (Å²) in [7, 11) is 0. The van der Waals surface area contributed by atoms with Crippen LogP contribution in [-0.4, -0.2) is 35.0 Å². The van der Waals surface area contributed by atoms with Gasteiger partial charge in [0.25, 0.3) is 0 Å². The van der Waals surface area contributed by atoms with Gasteiger partial charge in [0.2, 0.25) is 0 Å². The highest BCUT2D eigenvalue weighted by Gasteiger charge is 2.38. The number of thioether (sulfide) groups is 2. The van der Waals surface area contributed by atoms with Crippen molar-refractivity contribution in [3.8, 4) is 11.8 Å². The van der Waals surface area contributed by atoms with Crippen LogP contribution in [0.25, 0.3) is 0 Å². The fraction of sp³-hybridized carbons (Fsp3) is 0.733. The minimum absolute atomic E-state index is 0.0271. The molecule has 5 aliphatic rings. The third-order valence-corrected chi connectivity index (χ3v) is 16.6. The molecular formula is C45H63NO6S2. The molecular weight excluding hydrogens is 715 g/mol. The number of esters is 2. The Morgan fingerprint density at radius 2 is 1.22 bits per heavy atom. The molecule has 0 bridgehead atoms. The molecule has 6 rings (SSSR count). The number of ketones is 1. The van der Waals surface area contributed by atoms with Gasteiger partial charge in [0, 0.05) is 22.8 Å². The Hall–Kier alpha value is -2.28. The predicted octanol–water partition coefficient (Wildman–Crippen LogP) is 11.5. The van der Waals surface area contributed by atoms with E-state index in [9.17, 15) is 24.8 Å². The van der Waals surface area contributed by atoms with Crippen LogP contribution in [-0.2, 0) is 14.3 Å². The average Bonchev–Trinajstić information content (AvgIpc) is 3.63. The van der Waals surface area contributed by atoms with E-state index in [0.29, 0.717) is 37.2 Å². The van der Waals surface area contributed by atoms with Crippen LogP contribution in [0.15, 0.2) is 31.7 Å². The van der Waals surface area contributed by atoms with Crippen LogP contribution in [0, 0.1) is 58.7 Å². The zero-order chi connectivity index (χ0) is 38.4. The predicted molar refractivity (Wildman–Crippen MR) is 215 cm³/mol. The number of rotatable bonds is 12. The monoisotopic (exact) mass is 777 g/mol. The summed E-state index contributed by atoms with van der Waals surface area (Å²) in [4.78, 5) is 42.4. The van der Waals surface area contributed by atoms with Crippen LogP contribution in [0.1, 0.15) is 160 Å². The Kier molecular flexibility index (Phi) is 14.4. The van der Waals surface area contributed by atoms with Crippen molar-refractivity contribution in [3.63, 3.8) is 0 Å². The maximum Gasteiger partial charge on any atom is 0.350 e. The fourth-order valence-electron chi connectivity index (χ4n) is 10.2. The van der Waals surface area contributed by atoms with Gasteiger partial charge in [-0.1, -0.05) is 75.9 Å². The molecule has 0 atom stereocenters. The molecule has 0 radical (unpaired) electrons. The summed E-state index contributed by atoms with van der Waals surface area (Å²) in [6, 6.07) is 5.59. The number of ether oxygens (including phenoxy) is 2. The highest BCUT2D eigenvalue weighted by Crippen LogP contribution is 2.58. The first-order valence-electron chi connectivity index (χ1n) is 21.3. The smallest absolute Gasteiger partial charge is 0.350 e. The lowest BCUT2D eigenvalue weighted by atomic mass is 9.68. The van der Waals surface area contributed by atoms with Crippen LogP contribution < -0.4 is 4.74 Å². The van der Waals surface area contributed by atoms with Gasteiger partial charge in [0.1, 0.15) is 11.8 Å². The van der Waals surface area contributed by atoms with E-state index < -0.39 is 11.6 Å². The number of benzene rings is 1. The molecule has 7 nitrogen and oxygen atoms in total. The molecule has 0 aromatic heterocycles. The standard InChI is InChI=1S/C45H63NO6S2/c1-5-28-7-11-30(12-8-28)32-15-19-34(20-16-32)39(47)36-23-24-38(41-40(36)53-44(54-41)37(27-46)43(49)51-26-25-45(3,4)50)52-42(48)35-21-17-33(18-22-35)31-13-9-29(6-2)10-14-31/h23-24,28-35,50H,5-22,25-26H2,1-4H3/b44-37-. The van der Waals surface area contributed by atoms with Gasteiger partial charge in [0.05, 0.1) is 27.3 Å². The van der Waals surface area contributed by atoms with Crippen molar-refractivity contribution >= 4 is 41.2 Å². The molecule has 1 N–H and O–H groups in total. The van der Waals surface area contributed by atoms with E-state index in [-0.39, 0.29) is 42.2 Å². The van der Waals surface area contributed by atoms with Crippen molar-refractivity contribution in [1.82, 2.24) is 0 Å². The first kappa shape index (κ1) is 41.4. The van der Waals surface area contributed by atoms with Gasteiger partial charge >= 0.3 is 11.9 Å². The summed E-state index contributed by atoms with van der Waals surface area (Å²) in [5, 5.41) is 20.2. The van der Waals surface area contributed by atoms with Crippen LogP contribution in [0.3, 0.4) is 0 Å². The van der Waals surface area contributed by atoms with Crippen LogP contribution in [0.5, 0.6) is 5.75 Å². The normalized spacial score (nSPS) is 31.2. The molecule has 1 heterocycles. The molecule has 1 aliphatic heterocycles. The Morgan fingerprint density at radius 1 is 0.741 bits per heavy atom. The average molecular weight is 778 g/mol. The quantitative estimate of drug-likeness (QED) is 0.0728. The molecule has 0 spiro atoms. The molecule has 0 saturated heterocycles. The number of nitriles is 1. The maximum atomic E-state index is 14.3. The third-order valence-electron chi connectivity index (χ3n) is 13.9. The van der Waals surface area contributed by atoms with E-state index in [4.69, 9.17) is 9.47 Å². The number of carbonyl (C=O) groups excluding carboxylic acids is 3. The van der Waals surface area contributed by atoms with Crippen LogP contribution in [0.2, 0.25) is 0 Å². The number of hydrogen-bond acceptors (Lipinski definition) is 9. The molecule has 4 aliphatic carbocycles. The van der Waals surface area contributed by atoms with Gasteiger partial charge in [-0.3, -0.25) is 9.59 Å². The van der Waals surface area contributed by atoms with Crippen LogP contribution in [0.4, 0.5) is 0 Å². The SMILES string of the molecule is CCC1CCC(C2CCC(C(=O)Oc3ccc(C(=O)C4CCC(C5CCC(CC)CC5)CC4)c4c3S/C(=C(/C#N)C(=O)OCCC(C)(C)O)S4)CC2)CC1. The Bertz CT molecular complexity index is 1560. The van der Waals surface area contributed by atoms with Gasteiger partial charge in [-0.05, 0) is 139 Å². The van der Waals surface area contributed by atoms with Gasteiger partial charge < -0.3 is 14.6 Å². The van der Waals surface area contributed by atoms with Crippen LogP contribution >= 0.6 is 23.5 Å². The Morgan fingerprint density at radius 3 is 1.70 bits per heavy atom. The molecule has 296 valence electrons. The van der Waals surface area contributed by atoms with Crippen molar-refractivity contribution in [3.05, 3.63) is 27.5 Å². The largest absolute Gasteiger partial charge is 0.461 e. The summed E-state index contributed by atoms with van der Waals surface area (Å²) < 4.78 is 12.0. The topological polar surface area (TPSA) is 114 Å². The van der Waals surface area contributed by atoms with Crippen molar-refractivity contribution in [2.45, 2.75) is 165 Å². The number of nitrogens with zero attached hydrogens (tertiary/aromatic N) is 1. The van der Waals surface area contributed by atoms with Crippen molar-refractivity contribution < 1.29 is 29.0 Å². The van der Waals surface area contributed by atoms with Gasteiger partial charge in [-0.15, -0.1) is 0 Å². The molecule has 4 fully saturated rings. The number of carbonyl (C=O) groups is 3. The second-order valence-corrected chi connectivity index (χ2v) is 20.1. The summed E-state index contributed by atoms with van der Waals surface area (Å²) in [5.41, 5.74) is -0.574. The van der Waals surface area contributed by atoms with E-state index in [1.807, 2.05) is 6.07 Å². The Balaban J connectivity index is 1.16. The second-order valence-electron chi connectivity index (χ2n) is 17.8. The third kappa shape index (κ3) is 10.2. The second kappa shape index (κ2) is 18.8. The first-order valence-corrected chi connectivity index (χ1v) is 22.9. The van der Waals surface area contributed by atoms with Crippen molar-refractivity contribution in [2.75, 3.05) is 6.61 Å². The Labute approximate surface area is 332 Å². The lowest BCUT2D eigenvalue weighted by Gasteiger charge is -2.37. The van der Waals surface area contributed by atoms with Crippen molar-refractivity contribution in [2.24, 2.45) is 47.3 Å². The van der Waals surface area contributed by atoms with Gasteiger partial charge in [-0.2, -0.15) is 5.26 Å². The molecule has 54 heavy (non-hydrogen) atoms. The molecule has 4 saturated carbocycles. The first-order chi connectivity index (χ1) is 26.0. The lowest BCUT2D eigenvalue weighted by molar-refractivity contribution is -0.141. The van der Waals surface area contributed by atoms with E-state index in [1.165, 1.54) is 87.7 Å². The van der Waals surface area contributed by atoms with Gasteiger partial charge in [-0.25, -0.2) is 4.79 Å². The molecule has 0 amide bonds. The molecule has 1 aromatic carbocycles. The zero-order valence-corrected chi connectivity index (χ0v) is 34.8. The molecule has 1 aromatic rings. The van der Waals surface area contributed by atoms with E-state index >= 15 is 0 Å². The molecule has 0 unspecified atom stereocenters. The summed E-state index contributed by atoms with van der Waals surface area (Å²) >= 11 is 2.45. The highest BCUT2D eigenvalue weighted by atomic mass is 32.2. The minimum atomic E-state index is -1.01. The lowest BCUT2D eigenvalue weighted by Crippen LogP contribution is -2.30. The molecule has 9 heteroatoms. The van der Waals surface area contributed by atoms with E-state index in [0.717, 1.165) is 75.0 Å². The van der Waals surface area contributed by atoms with Gasteiger partial charge in [0.15, 0.2) is 11.4 Å². The number of Topliss-reactive ketones (excluding diaryl/α,β-unsaturated/α-hetero) is 1.